The third-order valence-corrected chi connectivity index (χ3v) is 3.85. The minimum absolute atomic E-state index is 0.340. The molecule has 0 saturated heterocycles. The third kappa shape index (κ3) is 5.14. The van der Waals surface area contributed by atoms with Crippen LogP contribution in [0, 0.1) is 19.8 Å². The van der Waals surface area contributed by atoms with Crippen LogP contribution in [0.3, 0.4) is 0 Å². The smallest absolute Gasteiger partial charge is 0.122 e. The zero-order valence-corrected chi connectivity index (χ0v) is 12.9. The maximum atomic E-state index is 9.97. The molecule has 2 N–H and O–H groups in total. The molecule has 1 aliphatic carbocycles. The van der Waals surface area contributed by atoms with Gasteiger partial charge in [-0.15, -0.1) is 0 Å². The number of benzene rings is 1. The SMILES string of the molecule is Cc1ccc(OC[C@@H](O)CN[C@@H](C)CC2CC2)c(C)c1. The van der Waals surface area contributed by atoms with Crippen molar-refractivity contribution in [2.24, 2.45) is 5.92 Å². The predicted molar refractivity (Wildman–Crippen MR) is 82.2 cm³/mol. The molecule has 1 aliphatic rings. The van der Waals surface area contributed by atoms with Crippen LogP contribution in [0.2, 0.25) is 0 Å². The van der Waals surface area contributed by atoms with Gasteiger partial charge in [0.2, 0.25) is 0 Å². The van der Waals surface area contributed by atoms with E-state index in [0.29, 0.717) is 19.2 Å². The predicted octanol–water partition coefficient (Wildman–Crippen LogP) is 2.82. The molecule has 0 amide bonds. The molecule has 0 heterocycles. The quantitative estimate of drug-likeness (QED) is 0.768. The number of aliphatic hydroxyl groups excluding tert-OH is 1. The molecule has 2 rings (SSSR count). The summed E-state index contributed by atoms with van der Waals surface area (Å²) in [5.41, 5.74) is 2.35. The number of ether oxygens (including phenoxy) is 1. The Morgan fingerprint density at radius 3 is 2.75 bits per heavy atom. The molecule has 0 aromatic heterocycles. The van der Waals surface area contributed by atoms with Gasteiger partial charge in [-0.3, -0.25) is 0 Å². The lowest BCUT2D eigenvalue weighted by atomic mass is 10.1. The summed E-state index contributed by atoms with van der Waals surface area (Å²) in [6, 6.07) is 6.58. The maximum absolute atomic E-state index is 9.97. The van der Waals surface area contributed by atoms with E-state index in [0.717, 1.165) is 17.2 Å². The zero-order valence-electron chi connectivity index (χ0n) is 12.9. The monoisotopic (exact) mass is 277 g/mol. The standard InChI is InChI=1S/C17H27NO2/c1-12-4-7-17(13(2)8-12)20-11-16(19)10-18-14(3)9-15-5-6-15/h4,7-8,14-16,18-19H,5-6,9-11H2,1-3H3/t14-,16-/m0/s1. The highest BCUT2D eigenvalue weighted by atomic mass is 16.5. The van der Waals surface area contributed by atoms with E-state index in [1.165, 1.54) is 24.8 Å². The summed E-state index contributed by atoms with van der Waals surface area (Å²) < 4.78 is 5.69. The Bertz CT molecular complexity index is 429. The minimum Gasteiger partial charge on any atom is -0.491 e. The van der Waals surface area contributed by atoms with E-state index >= 15 is 0 Å². The summed E-state index contributed by atoms with van der Waals surface area (Å²) in [6.07, 6.45) is 3.52. The molecule has 0 bridgehead atoms. The number of hydrogen-bond acceptors (Lipinski definition) is 3. The molecule has 2 atom stereocenters. The first kappa shape index (κ1) is 15.3. The summed E-state index contributed by atoms with van der Waals surface area (Å²) in [7, 11) is 0. The Morgan fingerprint density at radius 1 is 1.35 bits per heavy atom. The maximum Gasteiger partial charge on any atom is 0.122 e. The number of aryl methyl sites for hydroxylation is 2. The fourth-order valence-corrected chi connectivity index (χ4v) is 2.48. The van der Waals surface area contributed by atoms with Gasteiger partial charge in [0.1, 0.15) is 18.5 Å². The van der Waals surface area contributed by atoms with E-state index in [1.54, 1.807) is 0 Å². The first-order valence-corrected chi connectivity index (χ1v) is 7.66. The van der Waals surface area contributed by atoms with Crippen molar-refractivity contribution < 1.29 is 9.84 Å². The second-order valence-corrected chi connectivity index (χ2v) is 6.22. The molecule has 1 fully saturated rings. The van der Waals surface area contributed by atoms with Crippen molar-refractivity contribution in [1.82, 2.24) is 5.32 Å². The molecule has 0 aliphatic heterocycles. The van der Waals surface area contributed by atoms with Gasteiger partial charge < -0.3 is 15.2 Å². The van der Waals surface area contributed by atoms with Crippen LogP contribution < -0.4 is 10.1 Å². The van der Waals surface area contributed by atoms with E-state index in [-0.39, 0.29) is 0 Å². The van der Waals surface area contributed by atoms with Gasteiger partial charge in [-0.05, 0) is 44.7 Å². The third-order valence-electron chi connectivity index (χ3n) is 3.85. The zero-order chi connectivity index (χ0) is 14.5. The number of aliphatic hydroxyl groups is 1. The Balaban J connectivity index is 1.67. The normalized spacial score (nSPS) is 17.8. The van der Waals surface area contributed by atoms with Crippen LogP contribution in [0.4, 0.5) is 0 Å². The van der Waals surface area contributed by atoms with Crippen molar-refractivity contribution >= 4 is 0 Å². The fraction of sp³-hybridized carbons (Fsp3) is 0.647. The van der Waals surface area contributed by atoms with Crippen LogP contribution in [0.15, 0.2) is 18.2 Å². The Kier molecular flexibility index (Phi) is 5.44. The van der Waals surface area contributed by atoms with Crippen molar-refractivity contribution in [2.45, 2.75) is 52.2 Å². The number of rotatable bonds is 8. The molecular weight excluding hydrogens is 250 g/mol. The summed E-state index contributed by atoms with van der Waals surface area (Å²) in [5, 5.41) is 13.4. The van der Waals surface area contributed by atoms with Crippen molar-refractivity contribution in [1.29, 1.82) is 0 Å². The molecular formula is C17H27NO2. The highest BCUT2D eigenvalue weighted by Crippen LogP contribution is 2.33. The first-order chi connectivity index (χ1) is 9.54. The van der Waals surface area contributed by atoms with Crippen LogP contribution >= 0.6 is 0 Å². The van der Waals surface area contributed by atoms with Crippen molar-refractivity contribution in [3.8, 4) is 5.75 Å². The van der Waals surface area contributed by atoms with Gasteiger partial charge in [0.05, 0.1) is 0 Å². The Hall–Kier alpha value is -1.06. The summed E-state index contributed by atoms with van der Waals surface area (Å²) in [4.78, 5) is 0. The number of nitrogens with one attached hydrogen (secondary N) is 1. The highest BCUT2D eigenvalue weighted by molar-refractivity contribution is 5.35. The second kappa shape index (κ2) is 7.09. The van der Waals surface area contributed by atoms with E-state index in [1.807, 2.05) is 19.1 Å². The van der Waals surface area contributed by atoms with Gasteiger partial charge in [0, 0.05) is 12.6 Å². The van der Waals surface area contributed by atoms with Crippen LogP contribution in [0.1, 0.15) is 37.3 Å². The average Bonchev–Trinajstić information content (AvgIpc) is 3.19. The van der Waals surface area contributed by atoms with Crippen molar-refractivity contribution in [3.63, 3.8) is 0 Å². The van der Waals surface area contributed by atoms with E-state index in [9.17, 15) is 5.11 Å². The lowest BCUT2D eigenvalue weighted by Gasteiger charge is -2.18. The summed E-state index contributed by atoms with van der Waals surface area (Å²) >= 11 is 0. The van der Waals surface area contributed by atoms with Crippen LogP contribution in [0.25, 0.3) is 0 Å². The van der Waals surface area contributed by atoms with Gasteiger partial charge in [0.15, 0.2) is 0 Å². The molecule has 0 unspecified atom stereocenters. The minimum atomic E-state index is -0.461. The highest BCUT2D eigenvalue weighted by Gasteiger charge is 2.23. The molecule has 0 spiro atoms. The van der Waals surface area contributed by atoms with Gasteiger partial charge in [-0.25, -0.2) is 0 Å². The first-order valence-electron chi connectivity index (χ1n) is 7.66. The van der Waals surface area contributed by atoms with E-state index in [4.69, 9.17) is 4.74 Å². The van der Waals surface area contributed by atoms with Crippen LogP contribution in [0.5, 0.6) is 5.75 Å². The van der Waals surface area contributed by atoms with Crippen LogP contribution in [-0.4, -0.2) is 30.4 Å². The van der Waals surface area contributed by atoms with Crippen molar-refractivity contribution in [2.75, 3.05) is 13.2 Å². The van der Waals surface area contributed by atoms with Gasteiger partial charge >= 0.3 is 0 Å². The molecule has 1 aromatic rings. The molecule has 3 nitrogen and oxygen atoms in total. The lowest BCUT2D eigenvalue weighted by molar-refractivity contribution is 0.103. The summed E-state index contributed by atoms with van der Waals surface area (Å²) in [5.74, 6) is 1.78. The second-order valence-electron chi connectivity index (χ2n) is 6.22. The lowest BCUT2D eigenvalue weighted by Crippen LogP contribution is -2.36. The Morgan fingerprint density at radius 2 is 2.10 bits per heavy atom. The molecule has 1 saturated carbocycles. The molecule has 20 heavy (non-hydrogen) atoms. The van der Waals surface area contributed by atoms with Gasteiger partial charge in [0.25, 0.3) is 0 Å². The molecule has 3 heteroatoms. The van der Waals surface area contributed by atoms with Crippen molar-refractivity contribution in [3.05, 3.63) is 29.3 Å². The van der Waals surface area contributed by atoms with E-state index in [2.05, 4.69) is 25.2 Å². The topological polar surface area (TPSA) is 41.5 Å². The largest absolute Gasteiger partial charge is 0.491 e. The Labute approximate surface area is 122 Å². The van der Waals surface area contributed by atoms with E-state index < -0.39 is 6.10 Å². The fourth-order valence-electron chi connectivity index (χ4n) is 2.48. The molecule has 112 valence electrons. The van der Waals surface area contributed by atoms with Gasteiger partial charge in [-0.2, -0.15) is 0 Å². The molecule has 1 aromatic carbocycles. The average molecular weight is 277 g/mol. The van der Waals surface area contributed by atoms with Crippen LogP contribution in [-0.2, 0) is 0 Å². The summed E-state index contributed by atoms with van der Waals surface area (Å²) in [6.45, 7) is 7.23. The van der Waals surface area contributed by atoms with Gasteiger partial charge in [-0.1, -0.05) is 30.5 Å². The number of hydrogen-bond donors (Lipinski definition) is 2. The molecule has 0 radical (unpaired) electrons.